The molecule has 2 aromatic carbocycles. The van der Waals surface area contributed by atoms with E-state index in [-0.39, 0.29) is 5.91 Å². The monoisotopic (exact) mass is 393 g/mol. The predicted molar refractivity (Wildman–Crippen MR) is 117 cm³/mol. The first-order chi connectivity index (χ1) is 14.1. The summed E-state index contributed by atoms with van der Waals surface area (Å²) >= 11 is 0. The van der Waals surface area contributed by atoms with Crippen molar-refractivity contribution in [3.05, 3.63) is 59.4 Å². The third kappa shape index (κ3) is 5.37. The molecule has 1 heterocycles. The van der Waals surface area contributed by atoms with Crippen LogP contribution in [0.4, 0.5) is 0 Å². The molecule has 0 bridgehead atoms. The van der Waals surface area contributed by atoms with Gasteiger partial charge in [0.15, 0.2) is 0 Å². The van der Waals surface area contributed by atoms with E-state index in [0.29, 0.717) is 19.6 Å². The molecule has 3 rings (SSSR count). The maximum Gasteiger partial charge on any atom is 0.219 e. The highest BCUT2D eigenvalue weighted by Crippen LogP contribution is 2.23. The number of nitrogens with zero attached hydrogens (tertiary/aromatic N) is 2. The Morgan fingerprint density at radius 2 is 1.86 bits per heavy atom. The molecule has 1 N–H and O–H groups in total. The summed E-state index contributed by atoms with van der Waals surface area (Å²) in [7, 11) is 0. The van der Waals surface area contributed by atoms with Crippen LogP contribution in [0, 0.1) is 13.8 Å². The molecule has 0 aliphatic rings. The van der Waals surface area contributed by atoms with E-state index in [9.17, 15) is 4.79 Å². The van der Waals surface area contributed by atoms with Gasteiger partial charge in [-0.2, -0.15) is 0 Å². The van der Waals surface area contributed by atoms with E-state index in [1.165, 1.54) is 0 Å². The highest BCUT2D eigenvalue weighted by Gasteiger charge is 2.11. The van der Waals surface area contributed by atoms with Gasteiger partial charge in [0.25, 0.3) is 0 Å². The molecule has 0 saturated carbocycles. The van der Waals surface area contributed by atoms with Crippen LogP contribution in [0.5, 0.6) is 5.75 Å². The van der Waals surface area contributed by atoms with Crippen LogP contribution in [0.15, 0.2) is 42.5 Å². The van der Waals surface area contributed by atoms with E-state index in [0.717, 1.165) is 59.5 Å². The normalized spacial score (nSPS) is 11.0. The van der Waals surface area contributed by atoms with Gasteiger partial charge in [0, 0.05) is 19.4 Å². The van der Waals surface area contributed by atoms with Crippen molar-refractivity contribution in [3.63, 3.8) is 0 Å². The molecular formula is C24H31N3O2. The molecule has 154 valence electrons. The molecule has 3 aromatic rings. The van der Waals surface area contributed by atoms with Gasteiger partial charge < -0.3 is 14.6 Å². The molecular weight excluding hydrogens is 362 g/mol. The minimum atomic E-state index is 0.128. The number of aromatic nitrogens is 2. The second kappa shape index (κ2) is 10.1. The van der Waals surface area contributed by atoms with Crippen molar-refractivity contribution in [1.29, 1.82) is 0 Å². The Morgan fingerprint density at radius 3 is 2.62 bits per heavy atom. The maximum absolute atomic E-state index is 11.6. The Labute approximate surface area is 173 Å². The summed E-state index contributed by atoms with van der Waals surface area (Å²) in [4.78, 5) is 16.5. The number of hydrogen-bond donors (Lipinski definition) is 1. The predicted octanol–water partition coefficient (Wildman–Crippen LogP) is 4.58. The summed E-state index contributed by atoms with van der Waals surface area (Å²) in [6.45, 7) is 8.18. The second-order valence-corrected chi connectivity index (χ2v) is 7.44. The number of fused-ring (bicyclic) bond motifs is 1. The van der Waals surface area contributed by atoms with Crippen molar-refractivity contribution in [3.8, 4) is 5.75 Å². The lowest BCUT2D eigenvalue weighted by atomic mass is 10.1. The van der Waals surface area contributed by atoms with Crippen molar-refractivity contribution in [2.75, 3.05) is 13.2 Å². The Kier molecular flexibility index (Phi) is 7.28. The van der Waals surface area contributed by atoms with Gasteiger partial charge >= 0.3 is 0 Å². The van der Waals surface area contributed by atoms with Crippen LogP contribution in [0.25, 0.3) is 11.0 Å². The summed E-state index contributed by atoms with van der Waals surface area (Å²) < 4.78 is 8.37. The van der Waals surface area contributed by atoms with Gasteiger partial charge in [0.1, 0.15) is 18.2 Å². The number of nitrogens with one attached hydrogen (secondary N) is 1. The maximum atomic E-state index is 11.6. The van der Waals surface area contributed by atoms with E-state index >= 15 is 0 Å². The third-order valence-electron chi connectivity index (χ3n) is 5.08. The Morgan fingerprint density at radius 1 is 1.10 bits per heavy atom. The van der Waals surface area contributed by atoms with Crippen molar-refractivity contribution >= 4 is 16.9 Å². The van der Waals surface area contributed by atoms with Gasteiger partial charge in [-0.15, -0.1) is 0 Å². The van der Waals surface area contributed by atoms with Crippen LogP contribution in [0.1, 0.15) is 43.1 Å². The summed E-state index contributed by atoms with van der Waals surface area (Å²) in [6, 6.07) is 14.4. The Bertz CT molecular complexity index is 942. The van der Waals surface area contributed by atoms with Crippen molar-refractivity contribution in [1.82, 2.24) is 14.9 Å². The quantitative estimate of drug-likeness (QED) is 0.513. The van der Waals surface area contributed by atoms with Gasteiger partial charge in [-0.25, -0.2) is 4.98 Å². The van der Waals surface area contributed by atoms with Crippen molar-refractivity contribution in [2.24, 2.45) is 0 Å². The fourth-order valence-corrected chi connectivity index (χ4v) is 3.62. The average Bonchev–Trinajstić information content (AvgIpc) is 3.05. The average molecular weight is 394 g/mol. The van der Waals surface area contributed by atoms with Crippen LogP contribution < -0.4 is 10.1 Å². The number of benzene rings is 2. The molecule has 0 atom stereocenters. The number of rotatable bonds is 10. The van der Waals surface area contributed by atoms with E-state index in [4.69, 9.17) is 9.72 Å². The van der Waals surface area contributed by atoms with Gasteiger partial charge in [0.05, 0.1) is 17.6 Å². The smallest absolute Gasteiger partial charge is 0.219 e. The number of carbonyl (C=O) groups excluding carboxylic acids is 1. The fourth-order valence-electron chi connectivity index (χ4n) is 3.62. The SMILES string of the molecule is CCCC(=O)NCCCc1nc2ccccc2n1CCOc1c(C)cccc1C. The minimum Gasteiger partial charge on any atom is -0.491 e. The summed E-state index contributed by atoms with van der Waals surface area (Å²) in [5.74, 6) is 2.14. The molecule has 0 aliphatic carbocycles. The van der Waals surface area contributed by atoms with Gasteiger partial charge in [-0.05, 0) is 49.9 Å². The lowest BCUT2D eigenvalue weighted by Gasteiger charge is -2.14. The van der Waals surface area contributed by atoms with Crippen molar-refractivity contribution in [2.45, 2.75) is 53.0 Å². The molecule has 29 heavy (non-hydrogen) atoms. The first kappa shape index (κ1) is 20.9. The number of para-hydroxylation sites is 3. The zero-order valence-corrected chi connectivity index (χ0v) is 17.7. The molecule has 0 unspecified atom stereocenters. The van der Waals surface area contributed by atoms with Crippen LogP contribution in [-0.2, 0) is 17.8 Å². The number of ether oxygens (including phenoxy) is 1. The standard InChI is InChI=1S/C24H31N3O2/c1-4-9-23(28)25-15-8-14-22-26-20-12-5-6-13-21(20)27(22)16-17-29-24-18(2)10-7-11-19(24)3/h5-7,10-13H,4,8-9,14-17H2,1-3H3,(H,25,28). The fraction of sp³-hybridized carbons (Fsp3) is 0.417. The molecule has 0 radical (unpaired) electrons. The van der Waals surface area contributed by atoms with E-state index in [1.54, 1.807) is 0 Å². The number of hydrogen-bond acceptors (Lipinski definition) is 3. The van der Waals surface area contributed by atoms with Crippen LogP contribution >= 0.6 is 0 Å². The number of aryl methyl sites for hydroxylation is 3. The molecule has 0 saturated heterocycles. The topological polar surface area (TPSA) is 56.2 Å². The lowest BCUT2D eigenvalue weighted by molar-refractivity contribution is -0.121. The second-order valence-electron chi connectivity index (χ2n) is 7.44. The lowest BCUT2D eigenvalue weighted by Crippen LogP contribution is -2.24. The van der Waals surface area contributed by atoms with E-state index < -0.39 is 0 Å². The molecule has 1 aromatic heterocycles. The highest BCUT2D eigenvalue weighted by molar-refractivity contribution is 5.76. The van der Waals surface area contributed by atoms with E-state index in [1.807, 2.05) is 25.1 Å². The molecule has 1 amide bonds. The Balaban J connectivity index is 1.66. The summed E-state index contributed by atoms with van der Waals surface area (Å²) in [5, 5.41) is 2.98. The van der Waals surface area contributed by atoms with Crippen LogP contribution in [0.2, 0.25) is 0 Å². The first-order valence-corrected chi connectivity index (χ1v) is 10.5. The molecule has 0 fully saturated rings. The van der Waals surface area contributed by atoms with Crippen LogP contribution in [0.3, 0.4) is 0 Å². The highest BCUT2D eigenvalue weighted by atomic mass is 16.5. The molecule has 0 spiro atoms. The number of amides is 1. The zero-order valence-electron chi connectivity index (χ0n) is 17.7. The molecule has 5 nitrogen and oxygen atoms in total. The summed E-state index contributed by atoms with van der Waals surface area (Å²) in [6.07, 6.45) is 3.16. The first-order valence-electron chi connectivity index (χ1n) is 10.5. The number of imidazole rings is 1. The number of carbonyl (C=O) groups is 1. The Hall–Kier alpha value is -2.82. The molecule has 0 aliphatic heterocycles. The van der Waals surface area contributed by atoms with Crippen molar-refractivity contribution < 1.29 is 9.53 Å². The van der Waals surface area contributed by atoms with E-state index in [2.05, 4.69) is 48.0 Å². The zero-order chi connectivity index (χ0) is 20.6. The summed E-state index contributed by atoms with van der Waals surface area (Å²) in [5.41, 5.74) is 4.44. The van der Waals surface area contributed by atoms with Gasteiger partial charge in [-0.3, -0.25) is 4.79 Å². The van der Waals surface area contributed by atoms with Gasteiger partial charge in [-0.1, -0.05) is 37.3 Å². The minimum absolute atomic E-state index is 0.128. The van der Waals surface area contributed by atoms with Crippen LogP contribution in [-0.4, -0.2) is 28.6 Å². The third-order valence-corrected chi connectivity index (χ3v) is 5.08. The van der Waals surface area contributed by atoms with Gasteiger partial charge in [0.2, 0.25) is 5.91 Å². The molecule has 5 heteroatoms. The largest absolute Gasteiger partial charge is 0.491 e.